The van der Waals surface area contributed by atoms with Gasteiger partial charge in [0.25, 0.3) is 0 Å². The molecule has 5 nitrogen and oxygen atoms in total. The van der Waals surface area contributed by atoms with E-state index in [0.717, 1.165) is 13.0 Å². The predicted octanol–water partition coefficient (Wildman–Crippen LogP) is -0.752. The van der Waals surface area contributed by atoms with E-state index in [2.05, 4.69) is 10.6 Å². The first kappa shape index (κ1) is 13.6. The molecule has 3 unspecified atom stereocenters. The lowest BCUT2D eigenvalue weighted by atomic mass is 10.2. The van der Waals surface area contributed by atoms with E-state index in [1.807, 2.05) is 6.92 Å². The maximum atomic E-state index is 11.6. The van der Waals surface area contributed by atoms with Crippen molar-refractivity contribution in [2.45, 2.75) is 24.7 Å². The molecule has 0 spiro atoms. The fourth-order valence-electron chi connectivity index (χ4n) is 1.41. The molecule has 1 heterocycles. The van der Waals surface area contributed by atoms with Gasteiger partial charge in [0.15, 0.2) is 0 Å². The molecule has 0 saturated carbocycles. The van der Waals surface area contributed by atoms with Gasteiger partial charge in [-0.2, -0.15) is 0 Å². The minimum atomic E-state index is -0.825. The van der Waals surface area contributed by atoms with Crippen molar-refractivity contribution in [3.8, 4) is 0 Å². The SMILES string of the molecule is CC(CCNC(=O)C1CNCCO1)S(C)=O. The minimum absolute atomic E-state index is 0.0821. The smallest absolute Gasteiger partial charge is 0.250 e. The molecule has 1 aliphatic heterocycles. The van der Waals surface area contributed by atoms with E-state index >= 15 is 0 Å². The Bertz CT molecular complexity index is 254. The largest absolute Gasteiger partial charge is 0.366 e. The first-order valence-corrected chi connectivity index (χ1v) is 7.15. The molecule has 1 aliphatic rings. The van der Waals surface area contributed by atoms with Crippen LogP contribution in [0.15, 0.2) is 0 Å². The summed E-state index contributed by atoms with van der Waals surface area (Å²) < 4.78 is 16.4. The highest BCUT2D eigenvalue weighted by Crippen LogP contribution is 1.99. The molecule has 1 amide bonds. The third-order valence-electron chi connectivity index (χ3n) is 2.64. The van der Waals surface area contributed by atoms with Gasteiger partial charge in [0.05, 0.1) is 6.61 Å². The van der Waals surface area contributed by atoms with Crippen LogP contribution in [0.25, 0.3) is 0 Å². The summed E-state index contributed by atoms with van der Waals surface area (Å²) in [5, 5.41) is 6.01. The number of hydrogen-bond donors (Lipinski definition) is 2. The second-order valence-electron chi connectivity index (χ2n) is 3.95. The van der Waals surface area contributed by atoms with Gasteiger partial charge in [-0.25, -0.2) is 0 Å². The normalized spacial score (nSPS) is 24.8. The fraction of sp³-hybridized carbons (Fsp3) is 0.900. The molecule has 2 N–H and O–H groups in total. The van der Waals surface area contributed by atoms with Crippen molar-refractivity contribution in [1.82, 2.24) is 10.6 Å². The maximum Gasteiger partial charge on any atom is 0.250 e. The molecule has 16 heavy (non-hydrogen) atoms. The molecule has 0 aromatic rings. The van der Waals surface area contributed by atoms with E-state index < -0.39 is 10.8 Å². The second-order valence-corrected chi connectivity index (χ2v) is 5.75. The molecule has 0 aromatic heterocycles. The van der Waals surface area contributed by atoms with E-state index in [4.69, 9.17) is 4.74 Å². The first-order chi connectivity index (χ1) is 7.61. The van der Waals surface area contributed by atoms with Crippen molar-refractivity contribution in [3.05, 3.63) is 0 Å². The van der Waals surface area contributed by atoms with Crippen LogP contribution < -0.4 is 10.6 Å². The van der Waals surface area contributed by atoms with E-state index in [1.165, 1.54) is 0 Å². The summed E-state index contributed by atoms with van der Waals surface area (Å²) in [5.74, 6) is -0.0821. The number of rotatable bonds is 5. The topological polar surface area (TPSA) is 67.4 Å². The highest BCUT2D eigenvalue weighted by Gasteiger charge is 2.21. The zero-order valence-electron chi connectivity index (χ0n) is 9.82. The maximum absolute atomic E-state index is 11.6. The number of ether oxygens (including phenoxy) is 1. The Morgan fingerprint density at radius 2 is 2.44 bits per heavy atom. The summed E-state index contributed by atoms with van der Waals surface area (Å²) in [6.07, 6.45) is 2.03. The van der Waals surface area contributed by atoms with Gasteiger partial charge in [0.2, 0.25) is 5.91 Å². The van der Waals surface area contributed by atoms with Gasteiger partial charge in [-0.15, -0.1) is 0 Å². The van der Waals surface area contributed by atoms with Crippen molar-refractivity contribution in [2.75, 3.05) is 32.5 Å². The molecular weight excluding hydrogens is 228 g/mol. The fourth-order valence-corrected chi connectivity index (χ4v) is 1.86. The molecule has 1 saturated heterocycles. The predicted molar refractivity (Wildman–Crippen MR) is 63.8 cm³/mol. The van der Waals surface area contributed by atoms with Crippen LogP contribution in [0, 0.1) is 0 Å². The average molecular weight is 248 g/mol. The Labute approximate surface area is 98.8 Å². The van der Waals surface area contributed by atoms with Crippen LogP contribution >= 0.6 is 0 Å². The first-order valence-electron chi connectivity index (χ1n) is 5.53. The molecular formula is C10H20N2O3S. The Hall–Kier alpha value is -0.460. The summed E-state index contributed by atoms with van der Waals surface area (Å²) in [4.78, 5) is 11.6. The molecule has 0 aliphatic carbocycles. The van der Waals surface area contributed by atoms with Crippen molar-refractivity contribution in [2.24, 2.45) is 0 Å². The third kappa shape index (κ3) is 4.59. The van der Waals surface area contributed by atoms with Crippen molar-refractivity contribution < 1.29 is 13.7 Å². The summed E-state index contributed by atoms with van der Waals surface area (Å²) in [6, 6.07) is 0. The Morgan fingerprint density at radius 3 is 3.00 bits per heavy atom. The Balaban J connectivity index is 2.16. The van der Waals surface area contributed by atoms with Crippen molar-refractivity contribution in [3.63, 3.8) is 0 Å². The van der Waals surface area contributed by atoms with Gasteiger partial charge in [0, 0.05) is 41.9 Å². The molecule has 1 fully saturated rings. The van der Waals surface area contributed by atoms with Crippen LogP contribution in [0.2, 0.25) is 0 Å². The van der Waals surface area contributed by atoms with Gasteiger partial charge in [-0.05, 0) is 6.42 Å². The van der Waals surface area contributed by atoms with E-state index in [1.54, 1.807) is 6.26 Å². The molecule has 94 valence electrons. The monoisotopic (exact) mass is 248 g/mol. The van der Waals surface area contributed by atoms with Crippen molar-refractivity contribution >= 4 is 16.7 Å². The number of hydrogen-bond acceptors (Lipinski definition) is 4. The van der Waals surface area contributed by atoms with Gasteiger partial charge in [-0.3, -0.25) is 9.00 Å². The van der Waals surface area contributed by atoms with Gasteiger partial charge in [-0.1, -0.05) is 6.92 Å². The van der Waals surface area contributed by atoms with Gasteiger partial charge >= 0.3 is 0 Å². The lowest BCUT2D eigenvalue weighted by Gasteiger charge is -2.22. The van der Waals surface area contributed by atoms with Gasteiger partial charge < -0.3 is 15.4 Å². The van der Waals surface area contributed by atoms with Crippen LogP contribution in [0.5, 0.6) is 0 Å². The van der Waals surface area contributed by atoms with Gasteiger partial charge in [0.1, 0.15) is 6.10 Å². The van der Waals surface area contributed by atoms with Crippen LogP contribution in [0.3, 0.4) is 0 Å². The minimum Gasteiger partial charge on any atom is -0.366 e. The number of nitrogens with one attached hydrogen (secondary N) is 2. The highest BCUT2D eigenvalue weighted by molar-refractivity contribution is 7.84. The van der Waals surface area contributed by atoms with E-state index in [0.29, 0.717) is 19.7 Å². The number of morpholine rings is 1. The Kier molecular flexibility index (Phi) is 5.94. The zero-order chi connectivity index (χ0) is 12.0. The molecule has 6 heteroatoms. The number of carbonyl (C=O) groups is 1. The van der Waals surface area contributed by atoms with E-state index in [-0.39, 0.29) is 17.3 Å². The molecule has 1 rings (SSSR count). The lowest BCUT2D eigenvalue weighted by molar-refractivity contribution is -0.134. The molecule has 0 radical (unpaired) electrons. The second kappa shape index (κ2) is 6.98. The van der Waals surface area contributed by atoms with Crippen LogP contribution in [-0.4, -0.2) is 54.0 Å². The third-order valence-corrected chi connectivity index (χ3v) is 4.01. The van der Waals surface area contributed by atoms with Crippen LogP contribution in [0.1, 0.15) is 13.3 Å². The average Bonchev–Trinajstić information content (AvgIpc) is 2.29. The number of amides is 1. The van der Waals surface area contributed by atoms with Crippen LogP contribution in [-0.2, 0) is 20.3 Å². The van der Waals surface area contributed by atoms with E-state index in [9.17, 15) is 9.00 Å². The standard InChI is InChI=1S/C10H20N2O3S/c1-8(16(2)14)3-4-12-10(13)9-7-11-5-6-15-9/h8-9,11H,3-7H2,1-2H3,(H,12,13). The van der Waals surface area contributed by atoms with Crippen molar-refractivity contribution in [1.29, 1.82) is 0 Å². The molecule has 0 aromatic carbocycles. The zero-order valence-corrected chi connectivity index (χ0v) is 10.6. The Morgan fingerprint density at radius 1 is 1.69 bits per heavy atom. The summed E-state index contributed by atoms with van der Waals surface area (Å²) in [5.41, 5.74) is 0. The molecule has 0 bridgehead atoms. The highest BCUT2D eigenvalue weighted by atomic mass is 32.2. The summed E-state index contributed by atoms with van der Waals surface area (Å²) in [6.45, 7) is 4.42. The lowest BCUT2D eigenvalue weighted by Crippen LogP contribution is -2.48. The quantitative estimate of drug-likeness (QED) is 0.672. The summed E-state index contributed by atoms with van der Waals surface area (Å²) in [7, 11) is -0.825. The molecule has 3 atom stereocenters. The number of carbonyl (C=O) groups excluding carboxylic acids is 1. The van der Waals surface area contributed by atoms with Crippen LogP contribution in [0.4, 0.5) is 0 Å². The summed E-state index contributed by atoms with van der Waals surface area (Å²) >= 11 is 0.